The molecule has 0 unspecified atom stereocenters. The second-order valence-electron chi connectivity index (χ2n) is 6.39. The lowest BCUT2D eigenvalue weighted by Gasteiger charge is -2.29. The molecular weight excluding hydrogens is 368 g/mol. The minimum absolute atomic E-state index is 0.0606. The average Bonchev–Trinajstić information content (AvgIpc) is 2.62. The highest BCUT2D eigenvalue weighted by Crippen LogP contribution is 2.35. The number of benzene rings is 2. The molecule has 2 aromatic carbocycles. The van der Waals surface area contributed by atoms with Crippen molar-refractivity contribution in [2.45, 2.75) is 25.7 Å². The van der Waals surface area contributed by atoms with Gasteiger partial charge < -0.3 is 14.4 Å². The summed E-state index contributed by atoms with van der Waals surface area (Å²) in [7, 11) is -2.44. The number of nitrogens with one attached hydrogen (secondary N) is 1. The van der Waals surface area contributed by atoms with Gasteiger partial charge in [0, 0.05) is 6.92 Å². The van der Waals surface area contributed by atoms with Gasteiger partial charge in [0.05, 0.1) is 25.0 Å². The maximum absolute atomic E-state index is 12.9. The highest BCUT2D eigenvalue weighted by Gasteiger charge is 2.24. The Morgan fingerprint density at radius 2 is 1.89 bits per heavy atom. The molecule has 27 heavy (non-hydrogen) atoms. The van der Waals surface area contributed by atoms with Gasteiger partial charge in [0.15, 0.2) is 0 Å². The van der Waals surface area contributed by atoms with E-state index < -0.39 is 10.0 Å². The quantitative estimate of drug-likeness (QED) is 0.868. The minimum Gasteiger partial charge on any atom is -0.495 e. The zero-order chi connectivity index (χ0) is 19.8. The first kappa shape index (κ1) is 19.0. The lowest BCUT2D eigenvalue weighted by atomic mass is 10.1. The summed E-state index contributed by atoms with van der Waals surface area (Å²) in [6.07, 6.45) is 0. The Hall–Kier alpha value is -2.74. The molecule has 0 radical (unpaired) electrons. The molecule has 144 valence electrons. The van der Waals surface area contributed by atoms with Crippen LogP contribution in [0.3, 0.4) is 0 Å². The predicted molar refractivity (Wildman–Crippen MR) is 103 cm³/mol. The molecule has 0 bridgehead atoms. The standard InChI is InChI=1S/C19H22N2O5S/c1-12-9-18(25-4)19(10-13(12)2)27(23,24)20-15-5-6-17-16(11-15)21(14(3)22)7-8-26-17/h5-6,9-11,20H,7-8H2,1-4H3. The summed E-state index contributed by atoms with van der Waals surface area (Å²) in [6, 6.07) is 8.14. The molecule has 0 saturated heterocycles. The van der Waals surface area contributed by atoms with Crippen LogP contribution in [0.25, 0.3) is 0 Å². The van der Waals surface area contributed by atoms with Gasteiger partial charge in [0.2, 0.25) is 5.91 Å². The molecule has 1 aliphatic rings. The van der Waals surface area contributed by atoms with Gasteiger partial charge in [0.1, 0.15) is 23.0 Å². The number of hydrogen-bond donors (Lipinski definition) is 1. The zero-order valence-electron chi connectivity index (χ0n) is 15.7. The van der Waals surface area contributed by atoms with Gasteiger partial charge in [0.25, 0.3) is 10.0 Å². The fourth-order valence-corrected chi connectivity index (χ4v) is 4.24. The number of hydrogen-bond acceptors (Lipinski definition) is 5. The molecule has 0 spiro atoms. The number of carbonyl (C=O) groups excluding carboxylic acids is 1. The van der Waals surface area contributed by atoms with Crippen LogP contribution in [0.4, 0.5) is 11.4 Å². The van der Waals surface area contributed by atoms with E-state index in [0.717, 1.165) is 11.1 Å². The van der Waals surface area contributed by atoms with Crippen molar-refractivity contribution in [2.24, 2.45) is 0 Å². The first-order chi connectivity index (χ1) is 12.7. The number of rotatable bonds is 4. The van der Waals surface area contributed by atoms with Crippen molar-refractivity contribution >= 4 is 27.3 Å². The molecule has 0 atom stereocenters. The van der Waals surface area contributed by atoms with E-state index in [0.29, 0.717) is 30.3 Å². The van der Waals surface area contributed by atoms with Gasteiger partial charge >= 0.3 is 0 Å². The Balaban J connectivity index is 1.99. The van der Waals surface area contributed by atoms with Crippen molar-refractivity contribution < 1.29 is 22.7 Å². The van der Waals surface area contributed by atoms with E-state index in [1.165, 1.54) is 14.0 Å². The van der Waals surface area contributed by atoms with Gasteiger partial charge in [-0.1, -0.05) is 0 Å². The molecule has 0 fully saturated rings. The van der Waals surface area contributed by atoms with Crippen molar-refractivity contribution in [3.8, 4) is 11.5 Å². The fourth-order valence-electron chi connectivity index (χ4n) is 2.95. The van der Waals surface area contributed by atoms with Crippen LogP contribution in [-0.2, 0) is 14.8 Å². The topological polar surface area (TPSA) is 84.9 Å². The molecule has 1 N–H and O–H groups in total. The van der Waals surface area contributed by atoms with Crippen LogP contribution in [0.2, 0.25) is 0 Å². The average molecular weight is 390 g/mol. The van der Waals surface area contributed by atoms with E-state index >= 15 is 0 Å². The number of sulfonamides is 1. The number of methoxy groups -OCH3 is 1. The highest BCUT2D eigenvalue weighted by molar-refractivity contribution is 7.92. The molecule has 0 aliphatic carbocycles. The molecule has 0 saturated carbocycles. The Morgan fingerprint density at radius 3 is 2.56 bits per heavy atom. The molecule has 0 aromatic heterocycles. The SMILES string of the molecule is COc1cc(C)c(C)cc1S(=O)(=O)Nc1ccc2c(c1)N(C(C)=O)CCO2. The number of anilines is 2. The molecule has 2 aromatic rings. The summed E-state index contributed by atoms with van der Waals surface area (Å²) in [5, 5.41) is 0. The van der Waals surface area contributed by atoms with E-state index in [2.05, 4.69) is 4.72 Å². The molecule has 8 heteroatoms. The molecule has 1 heterocycles. The summed E-state index contributed by atoms with van der Waals surface area (Å²) in [4.78, 5) is 13.5. The van der Waals surface area contributed by atoms with Crippen LogP contribution in [0.1, 0.15) is 18.1 Å². The smallest absolute Gasteiger partial charge is 0.265 e. The van der Waals surface area contributed by atoms with Crippen LogP contribution >= 0.6 is 0 Å². The van der Waals surface area contributed by atoms with Crippen LogP contribution < -0.4 is 19.1 Å². The summed E-state index contributed by atoms with van der Waals surface area (Å²) >= 11 is 0. The number of carbonyl (C=O) groups is 1. The molecule has 7 nitrogen and oxygen atoms in total. The van der Waals surface area contributed by atoms with Crippen LogP contribution in [0, 0.1) is 13.8 Å². The zero-order valence-corrected chi connectivity index (χ0v) is 16.5. The van der Waals surface area contributed by atoms with Gasteiger partial charge in [-0.15, -0.1) is 0 Å². The Bertz CT molecular complexity index is 1000. The first-order valence-corrected chi connectivity index (χ1v) is 9.94. The first-order valence-electron chi connectivity index (χ1n) is 8.46. The van der Waals surface area contributed by atoms with Crippen LogP contribution in [-0.4, -0.2) is 34.6 Å². The number of ether oxygens (including phenoxy) is 2. The Morgan fingerprint density at radius 1 is 1.19 bits per heavy atom. The van der Waals surface area contributed by atoms with Gasteiger partial charge in [-0.05, 0) is 55.3 Å². The summed E-state index contributed by atoms with van der Waals surface area (Å²) in [6.45, 7) is 6.02. The van der Waals surface area contributed by atoms with Gasteiger partial charge in [-0.25, -0.2) is 8.42 Å². The fraction of sp³-hybridized carbons (Fsp3) is 0.316. The van der Waals surface area contributed by atoms with Crippen molar-refractivity contribution in [1.82, 2.24) is 0 Å². The Labute approximate surface area is 158 Å². The second-order valence-corrected chi connectivity index (χ2v) is 8.05. The number of nitrogens with zero attached hydrogens (tertiary/aromatic N) is 1. The van der Waals surface area contributed by atoms with E-state index in [4.69, 9.17) is 9.47 Å². The van der Waals surface area contributed by atoms with Crippen molar-refractivity contribution in [2.75, 3.05) is 29.9 Å². The van der Waals surface area contributed by atoms with Gasteiger partial charge in [-0.2, -0.15) is 0 Å². The van der Waals surface area contributed by atoms with E-state index in [1.54, 1.807) is 35.2 Å². The summed E-state index contributed by atoms with van der Waals surface area (Å²) in [5.41, 5.74) is 2.67. The Kier molecular flexibility index (Phi) is 5.01. The summed E-state index contributed by atoms with van der Waals surface area (Å²) in [5.74, 6) is 0.691. The monoisotopic (exact) mass is 390 g/mol. The van der Waals surface area contributed by atoms with E-state index in [1.807, 2.05) is 13.8 Å². The third-order valence-corrected chi connectivity index (χ3v) is 5.93. The number of amides is 1. The number of aryl methyl sites for hydroxylation is 2. The molecular formula is C19H22N2O5S. The normalized spacial score (nSPS) is 13.6. The predicted octanol–water partition coefficient (Wildman–Crippen LogP) is 2.86. The van der Waals surface area contributed by atoms with E-state index in [9.17, 15) is 13.2 Å². The van der Waals surface area contributed by atoms with Gasteiger partial charge in [-0.3, -0.25) is 9.52 Å². The van der Waals surface area contributed by atoms with Crippen LogP contribution in [0.15, 0.2) is 35.2 Å². The number of fused-ring (bicyclic) bond motifs is 1. The highest BCUT2D eigenvalue weighted by atomic mass is 32.2. The largest absolute Gasteiger partial charge is 0.495 e. The maximum atomic E-state index is 12.9. The third-order valence-electron chi connectivity index (χ3n) is 4.52. The van der Waals surface area contributed by atoms with Crippen molar-refractivity contribution in [1.29, 1.82) is 0 Å². The lowest BCUT2D eigenvalue weighted by molar-refractivity contribution is -0.116. The second kappa shape index (κ2) is 7.11. The van der Waals surface area contributed by atoms with Crippen molar-refractivity contribution in [3.05, 3.63) is 41.5 Å². The lowest BCUT2D eigenvalue weighted by Crippen LogP contribution is -2.36. The maximum Gasteiger partial charge on any atom is 0.265 e. The van der Waals surface area contributed by atoms with Crippen LogP contribution in [0.5, 0.6) is 11.5 Å². The molecule has 3 rings (SSSR count). The minimum atomic E-state index is -3.88. The molecule has 1 amide bonds. The third kappa shape index (κ3) is 3.71. The summed E-state index contributed by atoms with van der Waals surface area (Å²) < 4.78 is 39.2. The molecule has 1 aliphatic heterocycles. The van der Waals surface area contributed by atoms with E-state index in [-0.39, 0.29) is 16.6 Å². The van der Waals surface area contributed by atoms with Crippen molar-refractivity contribution in [3.63, 3.8) is 0 Å².